The van der Waals surface area contributed by atoms with E-state index in [9.17, 15) is 4.79 Å². The zero-order chi connectivity index (χ0) is 19.9. The van der Waals surface area contributed by atoms with Gasteiger partial charge in [0.15, 0.2) is 11.5 Å². The van der Waals surface area contributed by atoms with Crippen LogP contribution in [0.1, 0.15) is 29.5 Å². The highest BCUT2D eigenvalue weighted by Crippen LogP contribution is 2.27. The molecule has 0 atom stereocenters. The molecule has 2 aromatic carbocycles. The quantitative estimate of drug-likeness (QED) is 0.798. The van der Waals surface area contributed by atoms with Crippen molar-refractivity contribution in [3.8, 4) is 11.5 Å². The van der Waals surface area contributed by atoms with Crippen LogP contribution in [-0.4, -0.2) is 44.2 Å². The number of methoxy groups -OCH3 is 2. The second-order valence-corrected chi connectivity index (χ2v) is 7.41. The first kappa shape index (κ1) is 20.2. The average Bonchev–Trinajstić information content (AvgIpc) is 2.71. The molecule has 1 aliphatic rings. The maximum Gasteiger partial charge on any atom is 0.224 e. The van der Waals surface area contributed by atoms with Gasteiger partial charge in [0.05, 0.1) is 20.6 Å². The number of amides is 1. The fourth-order valence-electron chi connectivity index (χ4n) is 3.72. The molecule has 0 bridgehead atoms. The summed E-state index contributed by atoms with van der Waals surface area (Å²) in [6.45, 7) is 5.17. The van der Waals surface area contributed by atoms with Crippen molar-refractivity contribution in [1.82, 2.24) is 10.2 Å². The molecule has 0 unspecified atom stereocenters. The molecule has 28 heavy (non-hydrogen) atoms. The van der Waals surface area contributed by atoms with E-state index in [1.54, 1.807) is 14.2 Å². The molecule has 0 spiro atoms. The second-order valence-electron chi connectivity index (χ2n) is 7.41. The lowest BCUT2D eigenvalue weighted by atomic mass is 10.0. The third-order valence-electron chi connectivity index (χ3n) is 5.42. The van der Waals surface area contributed by atoms with Gasteiger partial charge in [-0.2, -0.15) is 0 Å². The maximum absolute atomic E-state index is 12.5. The molecule has 5 heteroatoms. The summed E-state index contributed by atoms with van der Waals surface area (Å²) in [6, 6.07) is 14.4. The van der Waals surface area contributed by atoms with E-state index in [-0.39, 0.29) is 11.9 Å². The van der Waals surface area contributed by atoms with Crippen molar-refractivity contribution in [2.24, 2.45) is 0 Å². The van der Waals surface area contributed by atoms with Crippen LogP contribution in [-0.2, 0) is 17.8 Å². The molecule has 5 nitrogen and oxygen atoms in total. The van der Waals surface area contributed by atoms with Gasteiger partial charge >= 0.3 is 0 Å². The minimum absolute atomic E-state index is 0.0598. The van der Waals surface area contributed by atoms with Gasteiger partial charge in [0.2, 0.25) is 5.91 Å². The van der Waals surface area contributed by atoms with Crippen LogP contribution in [0, 0.1) is 6.92 Å². The number of nitrogens with one attached hydrogen (secondary N) is 1. The third-order valence-corrected chi connectivity index (χ3v) is 5.42. The highest BCUT2D eigenvalue weighted by molar-refractivity contribution is 5.79. The number of likely N-dealkylation sites (tertiary alicyclic amines) is 1. The Morgan fingerprint density at radius 2 is 1.79 bits per heavy atom. The van der Waals surface area contributed by atoms with E-state index in [4.69, 9.17) is 9.47 Å². The van der Waals surface area contributed by atoms with Crippen molar-refractivity contribution in [2.75, 3.05) is 27.3 Å². The Bertz CT molecular complexity index is 798. The largest absolute Gasteiger partial charge is 0.493 e. The molecular formula is C23H30N2O3. The molecule has 1 heterocycles. The van der Waals surface area contributed by atoms with Crippen LogP contribution < -0.4 is 14.8 Å². The molecule has 0 aromatic heterocycles. The zero-order valence-electron chi connectivity index (χ0n) is 17.0. The van der Waals surface area contributed by atoms with E-state index >= 15 is 0 Å². The molecule has 0 radical (unpaired) electrons. The molecule has 1 fully saturated rings. The number of piperidine rings is 1. The number of ether oxygens (including phenoxy) is 2. The van der Waals surface area contributed by atoms with Crippen LogP contribution >= 0.6 is 0 Å². The Morgan fingerprint density at radius 1 is 1.07 bits per heavy atom. The summed E-state index contributed by atoms with van der Waals surface area (Å²) in [6.07, 6.45) is 2.33. The van der Waals surface area contributed by atoms with E-state index in [0.717, 1.165) is 38.0 Å². The number of aryl methyl sites for hydroxylation is 1. The maximum atomic E-state index is 12.5. The Labute approximate surface area is 167 Å². The standard InChI is InChI=1S/C23H30N2O3/c1-17-6-4-5-7-19(17)16-25-12-10-20(11-13-25)24-23(26)15-18-8-9-21(27-2)22(14-18)28-3/h4-9,14,20H,10-13,15-16H2,1-3H3,(H,24,26). The van der Waals surface area contributed by atoms with Crippen LogP contribution in [0.3, 0.4) is 0 Å². The topological polar surface area (TPSA) is 50.8 Å². The van der Waals surface area contributed by atoms with Gasteiger partial charge in [0, 0.05) is 25.7 Å². The van der Waals surface area contributed by atoms with Gasteiger partial charge in [-0.25, -0.2) is 0 Å². The summed E-state index contributed by atoms with van der Waals surface area (Å²) in [4.78, 5) is 14.9. The van der Waals surface area contributed by atoms with Gasteiger partial charge in [0.25, 0.3) is 0 Å². The lowest BCUT2D eigenvalue weighted by Gasteiger charge is -2.32. The smallest absolute Gasteiger partial charge is 0.224 e. The Morgan fingerprint density at radius 3 is 2.46 bits per heavy atom. The molecule has 3 rings (SSSR count). The predicted molar refractivity (Wildman–Crippen MR) is 111 cm³/mol. The van der Waals surface area contributed by atoms with Crippen LogP contribution in [0.4, 0.5) is 0 Å². The molecule has 150 valence electrons. The SMILES string of the molecule is COc1ccc(CC(=O)NC2CCN(Cc3ccccc3C)CC2)cc1OC. The molecule has 0 aliphatic carbocycles. The van der Waals surface area contributed by atoms with Crippen molar-refractivity contribution < 1.29 is 14.3 Å². The van der Waals surface area contributed by atoms with Gasteiger partial charge in [-0.05, 0) is 48.6 Å². The summed E-state index contributed by atoms with van der Waals surface area (Å²) in [5.74, 6) is 1.38. The number of benzene rings is 2. The monoisotopic (exact) mass is 382 g/mol. The summed E-state index contributed by atoms with van der Waals surface area (Å²) >= 11 is 0. The highest BCUT2D eigenvalue weighted by atomic mass is 16.5. The van der Waals surface area contributed by atoms with Crippen molar-refractivity contribution in [2.45, 2.75) is 38.8 Å². The normalized spacial score (nSPS) is 15.2. The van der Waals surface area contributed by atoms with Gasteiger partial charge in [0.1, 0.15) is 0 Å². The van der Waals surface area contributed by atoms with Crippen molar-refractivity contribution >= 4 is 5.91 Å². The molecule has 1 amide bonds. The first-order chi connectivity index (χ1) is 13.6. The summed E-state index contributed by atoms with van der Waals surface area (Å²) < 4.78 is 10.6. The predicted octanol–water partition coefficient (Wildman–Crippen LogP) is 3.34. The highest BCUT2D eigenvalue weighted by Gasteiger charge is 2.21. The lowest BCUT2D eigenvalue weighted by Crippen LogP contribution is -2.44. The fraction of sp³-hybridized carbons (Fsp3) is 0.435. The van der Waals surface area contributed by atoms with Gasteiger partial charge in [-0.3, -0.25) is 9.69 Å². The molecule has 2 aromatic rings. The fourth-order valence-corrected chi connectivity index (χ4v) is 3.72. The first-order valence-electron chi connectivity index (χ1n) is 9.86. The Hall–Kier alpha value is -2.53. The van der Waals surface area contributed by atoms with Gasteiger partial charge < -0.3 is 14.8 Å². The van der Waals surface area contributed by atoms with Crippen molar-refractivity contribution in [1.29, 1.82) is 0 Å². The van der Waals surface area contributed by atoms with E-state index in [0.29, 0.717) is 17.9 Å². The minimum Gasteiger partial charge on any atom is -0.493 e. The number of rotatable bonds is 7. The van der Waals surface area contributed by atoms with E-state index < -0.39 is 0 Å². The number of nitrogens with zero attached hydrogens (tertiary/aromatic N) is 1. The average molecular weight is 383 g/mol. The Kier molecular flexibility index (Phi) is 6.93. The lowest BCUT2D eigenvalue weighted by molar-refractivity contribution is -0.121. The molecule has 0 saturated carbocycles. The molecule has 1 saturated heterocycles. The van der Waals surface area contributed by atoms with E-state index in [1.807, 2.05) is 18.2 Å². The van der Waals surface area contributed by atoms with Gasteiger partial charge in [-0.1, -0.05) is 30.3 Å². The van der Waals surface area contributed by atoms with Crippen molar-refractivity contribution in [3.05, 3.63) is 59.2 Å². The van der Waals surface area contributed by atoms with Gasteiger partial charge in [-0.15, -0.1) is 0 Å². The van der Waals surface area contributed by atoms with Crippen LogP contribution in [0.25, 0.3) is 0 Å². The van der Waals surface area contributed by atoms with E-state index in [2.05, 4.69) is 41.4 Å². The molecule has 1 aliphatic heterocycles. The molecule has 1 N–H and O–H groups in total. The summed E-state index contributed by atoms with van der Waals surface area (Å²) in [5.41, 5.74) is 3.65. The third kappa shape index (κ3) is 5.26. The van der Waals surface area contributed by atoms with E-state index in [1.165, 1.54) is 11.1 Å². The summed E-state index contributed by atoms with van der Waals surface area (Å²) in [5, 5.41) is 3.19. The van der Waals surface area contributed by atoms with Crippen LogP contribution in [0.5, 0.6) is 11.5 Å². The van der Waals surface area contributed by atoms with Crippen LogP contribution in [0.2, 0.25) is 0 Å². The summed E-state index contributed by atoms with van der Waals surface area (Å²) in [7, 11) is 3.21. The number of carbonyl (C=O) groups is 1. The first-order valence-corrected chi connectivity index (χ1v) is 9.86. The number of carbonyl (C=O) groups excluding carboxylic acids is 1. The number of hydrogen-bond donors (Lipinski definition) is 1. The number of hydrogen-bond acceptors (Lipinski definition) is 4. The Balaban J connectivity index is 1.47. The molecular weight excluding hydrogens is 352 g/mol. The van der Waals surface area contributed by atoms with Crippen molar-refractivity contribution in [3.63, 3.8) is 0 Å². The minimum atomic E-state index is 0.0598. The van der Waals surface area contributed by atoms with Crippen LogP contribution in [0.15, 0.2) is 42.5 Å². The zero-order valence-corrected chi connectivity index (χ0v) is 17.0. The second kappa shape index (κ2) is 9.60.